The Kier molecular flexibility index (Phi) is 3.08. The maximum atomic E-state index is 12.7. The molecule has 4 nitrogen and oxygen atoms in total. The summed E-state index contributed by atoms with van der Waals surface area (Å²) in [6.07, 6.45) is 0.177. The topological polar surface area (TPSA) is 63.4 Å². The smallest absolute Gasteiger partial charge is 0.223 e. The standard InChI is InChI=1S/C12H13FN2O2/c13-10-3-1-8(2-4-10)6-15-7-9(12(14)17)5-11(15)16/h1-4,9H,5-7H2,(H2,14,17). The highest BCUT2D eigenvalue weighted by molar-refractivity contribution is 5.88. The van der Waals surface area contributed by atoms with Crippen molar-refractivity contribution in [1.82, 2.24) is 4.90 Å². The second-order valence-electron chi connectivity index (χ2n) is 4.20. The lowest BCUT2D eigenvalue weighted by molar-refractivity contribution is -0.128. The van der Waals surface area contributed by atoms with Crippen LogP contribution in [0.1, 0.15) is 12.0 Å². The number of primary amides is 1. The second kappa shape index (κ2) is 4.53. The van der Waals surface area contributed by atoms with Crippen molar-refractivity contribution in [3.05, 3.63) is 35.6 Å². The third-order valence-electron chi connectivity index (χ3n) is 2.90. The molecule has 2 rings (SSSR count). The van der Waals surface area contributed by atoms with Crippen LogP contribution < -0.4 is 5.73 Å². The lowest BCUT2D eigenvalue weighted by Gasteiger charge is -2.15. The molecular weight excluding hydrogens is 223 g/mol. The van der Waals surface area contributed by atoms with E-state index in [1.807, 2.05) is 0 Å². The zero-order valence-electron chi connectivity index (χ0n) is 9.23. The van der Waals surface area contributed by atoms with Gasteiger partial charge in [-0.3, -0.25) is 9.59 Å². The Morgan fingerprint density at radius 1 is 1.41 bits per heavy atom. The van der Waals surface area contributed by atoms with Crippen LogP contribution in [0.5, 0.6) is 0 Å². The summed E-state index contributed by atoms with van der Waals surface area (Å²) in [4.78, 5) is 24.2. The van der Waals surface area contributed by atoms with Crippen LogP contribution in [0.2, 0.25) is 0 Å². The van der Waals surface area contributed by atoms with E-state index in [4.69, 9.17) is 5.73 Å². The number of carbonyl (C=O) groups is 2. The summed E-state index contributed by atoms with van der Waals surface area (Å²) in [6, 6.07) is 5.95. The molecule has 0 aromatic heterocycles. The van der Waals surface area contributed by atoms with Gasteiger partial charge in [0.25, 0.3) is 0 Å². The number of nitrogens with zero attached hydrogens (tertiary/aromatic N) is 1. The highest BCUT2D eigenvalue weighted by Gasteiger charge is 2.32. The van der Waals surface area contributed by atoms with Gasteiger partial charge in [-0.2, -0.15) is 0 Å². The summed E-state index contributed by atoms with van der Waals surface area (Å²) in [7, 11) is 0. The normalized spacial score (nSPS) is 19.7. The fourth-order valence-corrected chi connectivity index (χ4v) is 1.93. The average Bonchev–Trinajstić information content (AvgIpc) is 2.64. The van der Waals surface area contributed by atoms with Crippen molar-refractivity contribution in [2.24, 2.45) is 11.7 Å². The zero-order chi connectivity index (χ0) is 12.4. The van der Waals surface area contributed by atoms with Crippen LogP contribution in [0.4, 0.5) is 4.39 Å². The largest absolute Gasteiger partial charge is 0.369 e. The van der Waals surface area contributed by atoms with Gasteiger partial charge in [0.2, 0.25) is 11.8 Å². The first-order valence-corrected chi connectivity index (χ1v) is 5.38. The molecule has 1 aromatic rings. The third-order valence-corrected chi connectivity index (χ3v) is 2.90. The van der Waals surface area contributed by atoms with Crippen molar-refractivity contribution in [2.45, 2.75) is 13.0 Å². The lowest BCUT2D eigenvalue weighted by atomic mass is 10.1. The third kappa shape index (κ3) is 2.61. The van der Waals surface area contributed by atoms with Crippen LogP contribution in [-0.2, 0) is 16.1 Å². The number of carbonyl (C=O) groups excluding carboxylic acids is 2. The van der Waals surface area contributed by atoms with Crippen molar-refractivity contribution >= 4 is 11.8 Å². The molecular formula is C12H13FN2O2. The number of nitrogens with two attached hydrogens (primary N) is 1. The van der Waals surface area contributed by atoms with Gasteiger partial charge in [-0.25, -0.2) is 4.39 Å². The van der Waals surface area contributed by atoms with E-state index in [2.05, 4.69) is 0 Å². The van der Waals surface area contributed by atoms with Crippen LogP contribution in [0, 0.1) is 11.7 Å². The van der Waals surface area contributed by atoms with Gasteiger partial charge in [0, 0.05) is 19.5 Å². The first-order chi connectivity index (χ1) is 8.06. The van der Waals surface area contributed by atoms with Gasteiger partial charge in [0.1, 0.15) is 5.82 Å². The van der Waals surface area contributed by atoms with Gasteiger partial charge in [-0.1, -0.05) is 12.1 Å². The molecule has 0 spiro atoms. The minimum Gasteiger partial charge on any atom is -0.369 e. The van der Waals surface area contributed by atoms with Gasteiger partial charge >= 0.3 is 0 Å². The van der Waals surface area contributed by atoms with E-state index < -0.39 is 11.8 Å². The fraction of sp³-hybridized carbons (Fsp3) is 0.333. The highest BCUT2D eigenvalue weighted by atomic mass is 19.1. The molecule has 0 bridgehead atoms. The van der Waals surface area contributed by atoms with E-state index in [9.17, 15) is 14.0 Å². The molecule has 1 fully saturated rings. The van der Waals surface area contributed by atoms with Crippen molar-refractivity contribution in [3.8, 4) is 0 Å². The lowest BCUT2D eigenvalue weighted by Crippen LogP contribution is -2.28. The van der Waals surface area contributed by atoms with Crippen LogP contribution in [-0.4, -0.2) is 23.3 Å². The van der Waals surface area contributed by atoms with Crippen LogP contribution in [0.15, 0.2) is 24.3 Å². The summed E-state index contributed by atoms with van der Waals surface area (Å²) >= 11 is 0. The second-order valence-corrected chi connectivity index (χ2v) is 4.20. The van der Waals surface area contributed by atoms with Gasteiger partial charge in [-0.15, -0.1) is 0 Å². The predicted molar refractivity (Wildman–Crippen MR) is 59.1 cm³/mol. The van der Waals surface area contributed by atoms with E-state index in [1.165, 1.54) is 12.1 Å². The van der Waals surface area contributed by atoms with E-state index in [1.54, 1.807) is 17.0 Å². The summed E-state index contributed by atoms with van der Waals surface area (Å²) in [5, 5.41) is 0. The molecule has 2 N–H and O–H groups in total. The molecule has 0 aliphatic carbocycles. The number of benzene rings is 1. The molecule has 17 heavy (non-hydrogen) atoms. The van der Waals surface area contributed by atoms with Gasteiger partial charge in [0.15, 0.2) is 0 Å². The minimum atomic E-state index is -0.444. The number of likely N-dealkylation sites (tertiary alicyclic amines) is 1. The minimum absolute atomic E-state index is 0.0851. The Morgan fingerprint density at radius 2 is 2.06 bits per heavy atom. The van der Waals surface area contributed by atoms with Crippen molar-refractivity contribution in [1.29, 1.82) is 0 Å². The van der Waals surface area contributed by atoms with E-state index >= 15 is 0 Å². The number of hydrogen-bond acceptors (Lipinski definition) is 2. The van der Waals surface area contributed by atoms with E-state index in [-0.39, 0.29) is 18.1 Å². The number of hydrogen-bond donors (Lipinski definition) is 1. The monoisotopic (exact) mass is 236 g/mol. The van der Waals surface area contributed by atoms with Gasteiger partial charge in [-0.05, 0) is 17.7 Å². The average molecular weight is 236 g/mol. The number of halogens is 1. The molecule has 1 unspecified atom stereocenters. The Bertz CT molecular complexity index is 444. The molecule has 2 amide bonds. The first kappa shape index (κ1) is 11.6. The maximum absolute atomic E-state index is 12.7. The highest BCUT2D eigenvalue weighted by Crippen LogP contribution is 2.19. The summed E-state index contributed by atoms with van der Waals surface area (Å²) in [5.41, 5.74) is 6.01. The van der Waals surface area contributed by atoms with Crippen molar-refractivity contribution in [3.63, 3.8) is 0 Å². The van der Waals surface area contributed by atoms with Gasteiger partial charge < -0.3 is 10.6 Å². The Morgan fingerprint density at radius 3 is 2.59 bits per heavy atom. The van der Waals surface area contributed by atoms with Gasteiger partial charge in [0.05, 0.1) is 5.92 Å². The molecule has 1 aliphatic rings. The number of rotatable bonds is 3. The van der Waals surface area contributed by atoms with E-state index in [0.29, 0.717) is 13.1 Å². The molecule has 1 heterocycles. The first-order valence-electron chi connectivity index (χ1n) is 5.38. The molecule has 1 atom stereocenters. The molecule has 1 aromatic carbocycles. The van der Waals surface area contributed by atoms with Crippen LogP contribution >= 0.6 is 0 Å². The summed E-state index contributed by atoms with van der Waals surface area (Å²) in [6.45, 7) is 0.744. The van der Waals surface area contributed by atoms with Crippen molar-refractivity contribution in [2.75, 3.05) is 6.54 Å². The SMILES string of the molecule is NC(=O)C1CC(=O)N(Cc2ccc(F)cc2)C1. The molecule has 1 saturated heterocycles. The fourth-order valence-electron chi connectivity index (χ4n) is 1.93. The Labute approximate surface area is 98.2 Å². The Balaban J connectivity index is 2.02. The quantitative estimate of drug-likeness (QED) is 0.837. The molecule has 90 valence electrons. The molecule has 0 saturated carbocycles. The van der Waals surface area contributed by atoms with Crippen molar-refractivity contribution < 1.29 is 14.0 Å². The molecule has 5 heteroatoms. The summed E-state index contributed by atoms with van der Waals surface area (Å²) < 4.78 is 12.7. The summed E-state index contributed by atoms with van der Waals surface area (Å²) in [5.74, 6) is -1.24. The van der Waals surface area contributed by atoms with E-state index in [0.717, 1.165) is 5.56 Å². The molecule has 0 radical (unpaired) electrons. The van der Waals surface area contributed by atoms with Crippen LogP contribution in [0.3, 0.4) is 0 Å². The molecule has 1 aliphatic heterocycles. The van der Waals surface area contributed by atoms with Crippen LogP contribution in [0.25, 0.3) is 0 Å². The number of amides is 2. The maximum Gasteiger partial charge on any atom is 0.223 e. The zero-order valence-corrected chi connectivity index (χ0v) is 9.23. The predicted octanol–water partition coefficient (Wildman–Crippen LogP) is 0.659. The Hall–Kier alpha value is -1.91.